The number of ether oxygens (including phenoxy) is 4. The first kappa shape index (κ1) is 24.1. The Hall–Kier alpha value is -3.57. The zero-order chi connectivity index (χ0) is 25.4. The number of halogens is 3. The first-order valence-corrected chi connectivity index (χ1v) is 11.3. The van der Waals surface area contributed by atoms with E-state index in [0.717, 1.165) is 12.8 Å². The Bertz CT molecular complexity index is 1340. The lowest BCUT2D eigenvalue weighted by Gasteiger charge is -2.30. The van der Waals surface area contributed by atoms with Gasteiger partial charge in [-0.05, 0) is 49.2 Å². The molecule has 0 amide bonds. The van der Waals surface area contributed by atoms with Crippen LogP contribution in [0.3, 0.4) is 0 Å². The molecule has 2 aliphatic heterocycles. The maximum Gasteiger partial charge on any atom is 0.453 e. The number of esters is 1. The molecule has 0 bridgehead atoms. The van der Waals surface area contributed by atoms with Crippen LogP contribution in [0.4, 0.5) is 13.2 Å². The van der Waals surface area contributed by atoms with Crippen molar-refractivity contribution in [3.63, 3.8) is 0 Å². The Labute approximate surface area is 203 Å². The predicted octanol–water partition coefficient (Wildman–Crippen LogP) is 4.72. The highest BCUT2D eigenvalue weighted by molar-refractivity contribution is 5.89. The number of rotatable bonds is 5. The second kappa shape index (κ2) is 9.47. The minimum atomic E-state index is -5.01. The van der Waals surface area contributed by atoms with E-state index >= 15 is 0 Å². The van der Waals surface area contributed by atoms with E-state index in [1.165, 1.54) is 37.4 Å². The van der Waals surface area contributed by atoms with Crippen LogP contribution in [0.25, 0.3) is 11.0 Å². The van der Waals surface area contributed by atoms with E-state index in [4.69, 9.17) is 18.6 Å². The molecule has 8 nitrogen and oxygen atoms in total. The molecule has 1 saturated heterocycles. The highest BCUT2D eigenvalue weighted by atomic mass is 19.4. The second-order valence-corrected chi connectivity index (χ2v) is 8.54. The molecule has 0 N–H and O–H groups in total. The van der Waals surface area contributed by atoms with E-state index < -0.39 is 29.1 Å². The number of carbonyl (C=O) groups is 1. The molecule has 2 aromatic carbocycles. The summed E-state index contributed by atoms with van der Waals surface area (Å²) in [6, 6.07) is 8.06. The van der Waals surface area contributed by atoms with Crippen molar-refractivity contribution >= 4 is 16.9 Å². The van der Waals surface area contributed by atoms with Crippen LogP contribution in [0.15, 0.2) is 45.6 Å². The minimum Gasteiger partial charge on any atom is -0.478 e. The number of nitrogens with zero attached hydrogens (tertiary/aromatic N) is 1. The number of hydrogen-bond donors (Lipinski definition) is 0. The van der Waals surface area contributed by atoms with Gasteiger partial charge >= 0.3 is 12.1 Å². The van der Waals surface area contributed by atoms with E-state index in [9.17, 15) is 22.8 Å². The Balaban J connectivity index is 1.54. The van der Waals surface area contributed by atoms with Crippen LogP contribution in [0.5, 0.6) is 17.2 Å². The van der Waals surface area contributed by atoms with Crippen LogP contribution < -0.4 is 14.9 Å². The lowest BCUT2D eigenvalue weighted by atomic mass is 10.1. The largest absolute Gasteiger partial charge is 0.478 e. The molecule has 1 unspecified atom stereocenters. The first-order chi connectivity index (χ1) is 17.2. The zero-order valence-electron chi connectivity index (χ0n) is 19.2. The Kier molecular flexibility index (Phi) is 6.35. The number of fused-ring (bicyclic) bond motifs is 3. The molecule has 5 rings (SSSR count). The van der Waals surface area contributed by atoms with Crippen LogP contribution in [-0.4, -0.2) is 44.0 Å². The number of carbonyl (C=O) groups excluding carboxylic acids is 1. The molecule has 0 spiro atoms. The van der Waals surface area contributed by atoms with Gasteiger partial charge in [0.15, 0.2) is 0 Å². The summed E-state index contributed by atoms with van der Waals surface area (Å²) in [5.41, 5.74) is -0.645. The molecule has 1 atom stereocenters. The summed E-state index contributed by atoms with van der Waals surface area (Å²) < 4.78 is 68.8. The molecular formula is C25H22F3NO7. The molecule has 3 aromatic rings. The van der Waals surface area contributed by atoms with Crippen molar-refractivity contribution in [2.75, 3.05) is 27.0 Å². The molecule has 0 radical (unpaired) electrons. The topological polar surface area (TPSA) is 87.4 Å². The molecule has 0 saturated carbocycles. The fraction of sp³-hybridized carbons (Fsp3) is 0.360. The van der Waals surface area contributed by atoms with Crippen molar-refractivity contribution in [2.24, 2.45) is 0 Å². The van der Waals surface area contributed by atoms with Crippen LogP contribution in [-0.2, 0) is 22.2 Å². The fourth-order valence-corrected chi connectivity index (χ4v) is 4.36. The standard InChI is InChI=1S/C25H22F3NO7/c1-32-24(31)14-4-6-15(7-5-14)35-22-20(30)17-8-9-19-18(21(17)36-23(22)25(26,27)28)12-29(13-34-19)11-16-3-2-10-33-16/h4-9,16H,2-3,10-13H2,1H3. The van der Waals surface area contributed by atoms with Gasteiger partial charge in [-0.3, -0.25) is 9.69 Å². The van der Waals surface area contributed by atoms with Gasteiger partial charge in [-0.25, -0.2) is 4.79 Å². The molecular weight excluding hydrogens is 483 g/mol. The van der Waals surface area contributed by atoms with Gasteiger partial charge in [0.05, 0.1) is 29.7 Å². The summed E-state index contributed by atoms with van der Waals surface area (Å²) in [7, 11) is 1.20. The highest BCUT2D eigenvalue weighted by Crippen LogP contribution is 2.41. The smallest absolute Gasteiger partial charge is 0.453 e. The summed E-state index contributed by atoms with van der Waals surface area (Å²) >= 11 is 0. The summed E-state index contributed by atoms with van der Waals surface area (Å²) in [6.07, 6.45) is -3.14. The van der Waals surface area contributed by atoms with Gasteiger partial charge in [0, 0.05) is 19.7 Å². The maximum absolute atomic E-state index is 14.0. The second-order valence-electron chi connectivity index (χ2n) is 8.54. The van der Waals surface area contributed by atoms with Crippen LogP contribution in [0.1, 0.15) is 34.5 Å². The lowest BCUT2D eigenvalue weighted by Crippen LogP contribution is -2.37. The van der Waals surface area contributed by atoms with Crippen molar-refractivity contribution in [1.82, 2.24) is 4.90 Å². The van der Waals surface area contributed by atoms with Crippen LogP contribution in [0.2, 0.25) is 0 Å². The van der Waals surface area contributed by atoms with Gasteiger partial charge in [-0.15, -0.1) is 0 Å². The third kappa shape index (κ3) is 4.63. The molecule has 1 aromatic heterocycles. The molecule has 11 heteroatoms. The molecule has 2 aliphatic rings. The SMILES string of the molecule is COC(=O)c1ccc(Oc2c(C(F)(F)F)oc3c4c(ccc3c2=O)OCN(CC2CCCO2)C4)cc1. The van der Waals surface area contributed by atoms with E-state index in [1.54, 1.807) is 6.07 Å². The summed E-state index contributed by atoms with van der Waals surface area (Å²) in [4.78, 5) is 26.7. The van der Waals surface area contributed by atoms with Gasteiger partial charge in [0.1, 0.15) is 23.8 Å². The van der Waals surface area contributed by atoms with Crippen LogP contribution in [0, 0.1) is 0 Å². The Morgan fingerprint density at radius 3 is 2.61 bits per heavy atom. The summed E-state index contributed by atoms with van der Waals surface area (Å²) in [5.74, 6) is -2.89. The number of methoxy groups -OCH3 is 1. The van der Waals surface area contributed by atoms with Crippen molar-refractivity contribution in [3.8, 4) is 17.2 Å². The van der Waals surface area contributed by atoms with Crippen molar-refractivity contribution < 1.29 is 41.3 Å². The van der Waals surface area contributed by atoms with Gasteiger partial charge in [-0.1, -0.05) is 0 Å². The van der Waals surface area contributed by atoms with Crippen molar-refractivity contribution in [2.45, 2.75) is 31.7 Å². The van der Waals surface area contributed by atoms with Crippen molar-refractivity contribution in [3.05, 3.63) is 63.5 Å². The highest BCUT2D eigenvalue weighted by Gasteiger charge is 2.41. The average molecular weight is 505 g/mol. The third-order valence-corrected chi connectivity index (χ3v) is 6.10. The van der Waals surface area contributed by atoms with Gasteiger partial charge < -0.3 is 23.4 Å². The normalized spacial score (nSPS) is 18.1. The Morgan fingerprint density at radius 2 is 1.94 bits per heavy atom. The zero-order valence-corrected chi connectivity index (χ0v) is 19.2. The van der Waals surface area contributed by atoms with Gasteiger partial charge in [-0.2, -0.15) is 13.2 Å². The summed E-state index contributed by atoms with van der Waals surface area (Å²) in [6.45, 7) is 1.71. The van der Waals surface area contributed by atoms with E-state index in [0.29, 0.717) is 24.5 Å². The quantitative estimate of drug-likeness (QED) is 0.461. The molecule has 190 valence electrons. The summed E-state index contributed by atoms with van der Waals surface area (Å²) in [5, 5.41) is -0.0644. The number of hydrogen-bond acceptors (Lipinski definition) is 8. The van der Waals surface area contributed by atoms with Gasteiger partial charge in [0.2, 0.25) is 11.2 Å². The average Bonchev–Trinajstić information content (AvgIpc) is 3.37. The van der Waals surface area contributed by atoms with E-state index in [1.807, 2.05) is 4.90 Å². The van der Waals surface area contributed by atoms with Crippen LogP contribution >= 0.6 is 0 Å². The van der Waals surface area contributed by atoms with Gasteiger partial charge in [0.25, 0.3) is 5.76 Å². The Morgan fingerprint density at radius 1 is 1.17 bits per heavy atom. The van der Waals surface area contributed by atoms with E-state index in [-0.39, 0.29) is 41.7 Å². The monoisotopic (exact) mass is 505 g/mol. The molecule has 0 aliphatic carbocycles. The maximum atomic E-state index is 14.0. The predicted molar refractivity (Wildman–Crippen MR) is 120 cm³/mol. The van der Waals surface area contributed by atoms with E-state index in [2.05, 4.69) is 4.74 Å². The number of benzene rings is 2. The molecule has 36 heavy (non-hydrogen) atoms. The molecule has 3 heterocycles. The molecule has 1 fully saturated rings. The third-order valence-electron chi connectivity index (χ3n) is 6.10. The fourth-order valence-electron chi connectivity index (χ4n) is 4.36. The van der Waals surface area contributed by atoms with Crippen molar-refractivity contribution in [1.29, 1.82) is 0 Å². The number of alkyl halides is 3. The lowest BCUT2D eigenvalue weighted by molar-refractivity contribution is -0.154. The minimum absolute atomic E-state index is 0.0217. The first-order valence-electron chi connectivity index (χ1n) is 11.3.